The Bertz CT molecular complexity index is 1250. The van der Waals surface area contributed by atoms with Gasteiger partial charge in [-0.1, -0.05) is 84.1 Å². The van der Waals surface area contributed by atoms with Crippen molar-refractivity contribution >= 4 is 56.8 Å². The highest BCUT2D eigenvalue weighted by Gasteiger charge is 2.40. The molecule has 0 unspecified atom stereocenters. The summed E-state index contributed by atoms with van der Waals surface area (Å²) in [5.41, 5.74) is 3.15. The van der Waals surface area contributed by atoms with Gasteiger partial charge in [0, 0.05) is 19.3 Å². The second-order valence-electron chi connectivity index (χ2n) is 8.15. The van der Waals surface area contributed by atoms with Crippen LogP contribution in [-0.2, 0) is 22.4 Å². The molecule has 0 aliphatic carbocycles. The maximum atomic E-state index is 13.3. The Balaban J connectivity index is 1.35. The van der Waals surface area contributed by atoms with Gasteiger partial charge in [0.1, 0.15) is 0 Å². The highest BCUT2D eigenvalue weighted by Crippen LogP contribution is 2.31. The number of hydrogen-bond acceptors (Lipinski definition) is 6. The Morgan fingerprint density at radius 3 is 1.89 bits per heavy atom. The van der Waals surface area contributed by atoms with Crippen LogP contribution >= 0.6 is 23.5 Å². The van der Waals surface area contributed by atoms with E-state index in [2.05, 4.69) is 9.98 Å². The molecular weight excluding hydrogens is 476 g/mol. The normalized spacial score (nSPS) is 15.0. The molecule has 0 atom stereocenters. The Morgan fingerprint density at radius 2 is 1.31 bits per heavy atom. The minimum absolute atomic E-state index is 0.239. The fourth-order valence-corrected chi connectivity index (χ4v) is 5.64. The summed E-state index contributed by atoms with van der Waals surface area (Å²) >= 11 is 2.65. The predicted molar refractivity (Wildman–Crippen MR) is 143 cm³/mol. The minimum Gasteiger partial charge on any atom is -0.273 e. The first-order valence-corrected chi connectivity index (χ1v) is 13.0. The van der Waals surface area contributed by atoms with Gasteiger partial charge in [-0.3, -0.25) is 18.2 Å². The molecule has 8 heteroatoms. The van der Waals surface area contributed by atoms with Gasteiger partial charge in [-0.15, -0.1) is 0 Å². The largest absolute Gasteiger partial charge is 0.273 e. The molecule has 1 aliphatic rings. The molecule has 2 heterocycles. The molecule has 3 aromatic carbocycles. The summed E-state index contributed by atoms with van der Waals surface area (Å²) in [5.74, 6) is -1.44. The summed E-state index contributed by atoms with van der Waals surface area (Å²) in [4.78, 5) is 35.6. The minimum atomic E-state index is -0.963. The van der Waals surface area contributed by atoms with Gasteiger partial charge >= 0.3 is 0 Å². The molecule has 0 bridgehead atoms. The SMILES string of the molecule is O=C1C(C=Nc2nc3ccccc3s2)C(=O)N(CCc2ccccc2)SN1CCc1ccccc1. The van der Waals surface area contributed by atoms with Crippen LogP contribution in [0, 0.1) is 5.92 Å². The predicted octanol–water partition coefficient (Wildman–Crippen LogP) is 5.33. The third-order valence-electron chi connectivity index (χ3n) is 5.73. The van der Waals surface area contributed by atoms with E-state index >= 15 is 0 Å². The Morgan fingerprint density at radius 1 is 0.771 bits per heavy atom. The maximum absolute atomic E-state index is 13.3. The number of para-hydroxylation sites is 1. The van der Waals surface area contributed by atoms with Crippen LogP contribution in [0.3, 0.4) is 0 Å². The molecule has 35 heavy (non-hydrogen) atoms. The van der Waals surface area contributed by atoms with Crippen LogP contribution in [0.25, 0.3) is 10.2 Å². The van der Waals surface area contributed by atoms with Gasteiger partial charge < -0.3 is 0 Å². The molecule has 1 aromatic heterocycles. The summed E-state index contributed by atoms with van der Waals surface area (Å²) in [6, 6.07) is 27.9. The Hall–Kier alpha value is -3.49. The molecule has 0 radical (unpaired) electrons. The number of nitrogens with zero attached hydrogens (tertiary/aromatic N) is 4. The lowest BCUT2D eigenvalue weighted by Gasteiger charge is -2.36. The smallest absolute Gasteiger partial charge is 0.251 e. The number of fused-ring (bicyclic) bond motifs is 1. The van der Waals surface area contributed by atoms with E-state index in [1.165, 1.54) is 29.7 Å². The van der Waals surface area contributed by atoms with Crippen molar-refractivity contribution in [2.45, 2.75) is 12.8 Å². The topological polar surface area (TPSA) is 65.9 Å². The first kappa shape index (κ1) is 23.3. The maximum Gasteiger partial charge on any atom is 0.251 e. The lowest BCUT2D eigenvalue weighted by Crippen LogP contribution is -2.50. The number of aromatic nitrogens is 1. The molecule has 5 rings (SSSR count). The number of carbonyl (C=O) groups excluding carboxylic acids is 2. The molecule has 0 saturated carbocycles. The van der Waals surface area contributed by atoms with Crippen LogP contribution in [0.4, 0.5) is 5.13 Å². The second kappa shape index (κ2) is 10.8. The van der Waals surface area contributed by atoms with Crippen LogP contribution in [0.15, 0.2) is 89.9 Å². The zero-order valence-electron chi connectivity index (χ0n) is 19.0. The van der Waals surface area contributed by atoms with Gasteiger partial charge in [0.05, 0.1) is 22.4 Å². The molecule has 1 aliphatic heterocycles. The van der Waals surface area contributed by atoms with Crippen LogP contribution in [0.1, 0.15) is 11.1 Å². The van der Waals surface area contributed by atoms with E-state index < -0.39 is 5.92 Å². The van der Waals surface area contributed by atoms with Gasteiger partial charge in [0.2, 0.25) is 5.13 Å². The highest BCUT2D eigenvalue weighted by atomic mass is 32.2. The van der Waals surface area contributed by atoms with E-state index in [4.69, 9.17) is 0 Å². The Labute approximate surface area is 212 Å². The first-order valence-electron chi connectivity index (χ1n) is 11.5. The lowest BCUT2D eigenvalue weighted by atomic mass is 10.1. The average molecular weight is 501 g/mol. The van der Waals surface area contributed by atoms with E-state index in [1.807, 2.05) is 84.9 Å². The third kappa shape index (κ3) is 5.61. The monoisotopic (exact) mass is 500 g/mol. The van der Waals surface area contributed by atoms with Crippen molar-refractivity contribution in [3.8, 4) is 0 Å². The second-order valence-corrected chi connectivity index (χ2v) is 10.2. The number of hydrogen-bond donors (Lipinski definition) is 0. The van der Waals surface area contributed by atoms with E-state index in [0.29, 0.717) is 31.1 Å². The number of carbonyl (C=O) groups is 2. The van der Waals surface area contributed by atoms with Gasteiger partial charge in [-0.05, 0) is 36.1 Å². The van der Waals surface area contributed by atoms with Gasteiger partial charge in [0.15, 0.2) is 5.92 Å². The summed E-state index contributed by atoms with van der Waals surface area (Å²) in [5, 5.41) is 0.539. The van der Waals surface area contributed by atoms with E-state index in [0.717, 1.165) is 21.3 Å². The lowest BCUT2D eigenvalue weighted by molar-refractivity contribution is -0.140. The molecule has 176 valence electrons. The molecule has 1 saturated heterocycles. The summed E-state index contributed by atoms with van der Waals surface area (Å²) in [6.45, 7) is 1.02. The number of thiazole rings is 1. The van der Waals surface area contributed by atoms with Crippen molar-refractivity contribution in [3.63, 3.8) is 0 Å². The molecule has 6 nitrogen and oxygen atoms in total. The highest BCUT2D eigenvalue weighted by molar-refractivity contribution is 7.95. The third-order valence-corrected chi connectivity index (χ3v) is 7.79. The van der Waals surface area contributed by atoms with Crippen molar-refractivity contribution in [1.29, 1.82) is 0 Å². The van der Waals surface area contributed by atoms with Crippen molar-refractivity contribution < 1.29 is 9.59 Å². The van der Waals surface area contributed by atoms with Crippen molar-refractivity contribution in [1.82, 2.24) is 13.6 Å². The molecular formula is C27H24N4O2S2. The van der Waals surface area contributed by atoms with Gasteiger partial charge in [-0.25, -0.2) is 9.98 Å². The number of aliphatic imine (C=N–C) groups is 1. The van der Waals surface area contributed by atoms with Crippen LogP contribution in [-0.4, -0.2) is 44.7 Å². The summed E-state index contributed by atoms with van der Waals surface area (Å²) < 4.78 is 4.40. The summed E-state index contributed by atoms with van der Waals surface area (Å²) in [6.07, 6.45) is 2.89. The van der Waals surface area contributed by atoms with Crippen molar-refractivity contribution in [2.24, 2.45) is 10.9 Å². The number of rotatable bonds is 8. The zero-order chi connectivity index (χ0) is 24.0. The fraction of sp³-hybridized carbons (Fsp3) is 0.185. The van der Waals surface area contributed by atoms with Crippen LogP contribution in [0.2, 0.25) is 0 Å². The van der Waals surface area contributed by atoms with Gasteiger partial charge in [0.25, 0.3) is 11.8 Å². The molecule has 4 aromatic rings. The Kier molecular flexibility index (Phi) is 7.20. The molecule has 0 N–H and O–H groups in total. The molecule has 2 amide bonds. The van der Waals surface area contributed by atoms with E-state index in [9.17, 15) is 9.59 Å². The fourth-order valence-electron chi connectivity index (χ4n) is 3.85. The quantitative estimate of drug-likeness (QED) is 0.186. The molecule has 0 spiro atoms. The van der Waals surface area contributed by atoms with Crippen molar-refractivity contribution in [2.75, 3.05) is 13.1 Å². The first-order chi connectivity index (χ1) is 17.2. The van der Waals surface area contributed by atoms with Gasteiger partial charge in [-0.2, -0.15) is 0 Å². The van der Waals surface area contributed by atoms with Crippen LogP contribution in [0.5, 0.6) is 0 Å². The van der Waals surface area contributed by atoms with Crippen LogP contribution < -0.4 is 0 Å². The summed E-state index contributed by atoms with van der Waals surface area (Å²) in [7, 11) is 0. The number of amides is 2. The zero-order valence-corrected chi connectivity index (χ0v) is 20.6. The van der Waals surface area contributed by atoms with E-state index in [1.54, 1.807) is 8.61 Å². The van der Waals surface area contributed by atoms with E-state index in [-0.39, 0.29) is 11.8 Å². The molecule has 1 fully saturated rings. The number of benzene rings is 3. The van der Waals surface area contributed by atoms with Crippen molar-refractivity contribution in [3.05, 3.63) is 96.1 Å². The average Bonchev–Trinajstić information content (AvgIpc) is 3.32. The standard InChI is InChI=1S/C27H24N4O2S2/c32-25-22(19-28-27-29-23-13-7-8-14-24(23)34-27)26(33)31(18-16-21-11-5-2-6-12-21)35-30(25)17-15-20-9-3-1-4-10-20/h1-14,19,22H,15-18H2.